The molecule has 1 saturated carbocycles. The van der Waals surface area contributed by atoms with Gasteiger partial charge in [0.2, 0.25) is 0 Å². The third-order valence-electron chi connectivity index (χ3n) is 11.9. The van der Waals surface area contributed by atoms with Gasteiger partial charge in [-0.2, -0.15) is 0 Å². The Kier molecular flexibility index (Phi) is 19.4. The maximum atomic E-state index is 15.2. The minimum Gasteiger partial charge on any atom is -0.203 e. The summed E-state index contributed by atoms with van der Waals surface area (Å²) < 4.78 is 30.4. The Morgan fingerprint density at radius 2 is 1.08 bits per heavy atom. The van der Waals surface area contributed by atoms with E-state index in [2.05, 4.69) is 94.4 Å². The molecule has 1 atom stereocenters. The van der Waals surface area contributed by atoms with Crippen LogP contribution in [0.3, 0.4) is 0 Å². The molecule has 0 amide bonds. The van der Waals surface area contributed by atoms with Gasteiger partial charge in [0.05, 0.1) is 0 Å². The summed E-state index contributed by atoms with van der Waals surface area (Å²) in [5, 5.41) is 0. The van der Waals surface area contributed by atoms with Crippen LogP contribution in [0.25, 0.3) is 22.3 Å². The molecular weight excluding hydrogens is 651 g/mol. The van der Waals surface area contributed by atoms with E-state index in [1.54, 1.807) is 6.07 Å². The molecule has 53 heavy (non-hydrogen) atoms. The van der Waals surface area contributed by atoms with Crippen molar-refractivity contribution >= 4 is 0 Å². The van der Waals surface area contributed by atoms with E-state index in [4.69, 9.17) is 0 Å². The number of hydrogen-bond donors (Lipinski definition) is 0. The van der Waals surface area contributed by atoms with Crippen LogP contribution in [0.5, 0.6) is 0 Å². The molecule has 0 aromatic heterocycles. The lowest BCUT2D eigenvalue weighted by molar-refractivity contribution is 0.233. The van der Waals surface area contributed by atoms with Crippen LogP contribution in [0.15, 0.2) is 91.0 Å². The lowest BCUT2D eigenvalue weighted by Crippen LogP contribution is -2.20. The second-order valence-corrected chi connectivity index (χ2v) is 15.9. The molecule has 0 heterocycles. The highest BCUT2D eigenvalue weighted by molar-refractivity contribution is 5.67. The van der Waals surface area contributed by atoms with Gasteiger partial charge in [0.25, 0.3) is 0 Å². The van der Waals surface area contributed by atoms with Crippen LogP contribution in [0.4, 0.5) is 8.78 Å². The van der Waals surface area contributed by atoms with Crippen molar-refractivity contribution in [2.24, 2.45) is 11.8 Å². The summed E-state index contributed by atoms with van der Waals surface area (Å²) in [6, 6.07) is 31.2. The van der Waals surface area contributed by atoms with E-state index in [-0.39, 0.29) is 5.92 Å². The fourth-order valence-corrected chi connectivity index (χ4v) is 8.39. The van der Waals surface area contributed by atoms with Crippen molar-refractivity contribution in [1.82, 2.24) is 0 Å². The van der Waals surface area contributed by atoms with Gasteiger partial charge in [0.15, 0.2) is 11.6 Å². The van der Waals surface area contributed by atoms with Crippen LogP contribution in [0, 0.1) is 23.5 Å². The zero-order valence-corrected chi connectivity index (χ0v) is 33.8. The Bertz CT molecular complexity index is 1550. The first-order chi connectivity index (χ1) is 26.0. The molecule has 1 unspecified atom stereocenters. The molecule has 4 aromatic carbocycles. The van der Waals surface area contributed by atoms with Crippen molar-refractivity contribution in [3.8, 4) is 22.3 Å². The number of benzene rings is 4. The van der Waals surface area contributed by atoms with Gasteiger partial charge in [-0.1, -0.05) is 209 Å². The predicted octanol–water partition coefficient (Wildman–Crippen LogP) is 16.5. The van der Waals surface area contributed by atoms with E-state index in [0.717, 1.165) is 30.7 Å². The molecule has 0 bridgehead atoms. The van der Waals surface area contributed by atoms with Crippen molar-refractivity contribution in [1.29, 1.82) is 0 Å². The molecule has 0 N–H and O–H groups in total. The van der Waals surface area contributed by atoms with Crippen LogP contribution < -0.4 is 0 Å². The van der Waals surface area contributed by atoms with Gasteiger partial charge in [-0.3, -0.25) is 0 Å². The van der Waals surface area contributed by atoms with E-state index < -0.39 is 11.6 Å². The fraction of sp³-hybridized carbons (Fsp3) is 0.529. The van der Waals surface area contributed by atoms with Gasteiger partial charge >= 0.3 is 0 Å². The maximum absolute atomic E-state index is 15.2. The quantitative estimate of drug-likeness (QED) is 0.0798. The number of rotatable bonds is 20. The highest BCUT2D eigenvalue weighted by atomic mass is 19.2. The summed E-state index contributed by atoms with van der Waals surface area (Å²) in [6.07, 6.45) is 25.3. The Hall–Kier alpha value is -3.26. The molecular formula is C51H70F2. The minimum atomic E-state index is -0.690. The van der Waals surface area contributed by atoms with Crippen molar-refractivity contribution in [3.05, 3.63) is 119 Å². The van der Waals surface area contributed by atoms with Gasteiger partial charge in [-0.05, 0) is 89.7 Å². The topological polar surface area (TPSA) is 0 Å². The molecule has 1 aliphatic rings. The second kappa shape index (κ2) is 24.2. The highest BCUT2D eigenvalue weighted by Gasteiger charge is 2.28. The summed E-state index contributed by atoms with van der Waals surface area (Å²) in [7, 11) is 0. The number of aryl methyl sites for hydroxylation is 2. The molecule has 288 valence electrons. The van der Waals surface area contributed by atoms with E-state index in [0.29, 0.717) is 17.0 Å². The summed E-state index contributed by atoms with van der Waals surface area (Å²) in [5.74, 6) is 0.0206. The van der Waals surface area contributed by atoms with Gasteiger partial charge in [0.1, 0.15) is 0 Å². The largest absolute Gasteiger partial charge is 0.203 e. The molecule has 1 fully saturated rings. The minimum absolute atomic E-state index is 0.0650. The Balaban J connectivity index is 0.000000278. The van der Waals surface area contributed by atoms with Crippen molar-refractivity contribution in [2.75, 3.05) is 0 Å². The van der Waals surface area contributed by atoms with Crippen LogP contribution in [-0.4, -0.2) is 0 Å². The third-order valence-corrected chi connectivity index (χ3v) is 11.9. The molecule has 1 aliphatic carbocycles. The predicted molar refractivity (Wildman–Crippen MR) is 227 cm³/mol. The maximum Gasteiger partial charge on any atom is 0.166 e. The fourth-order valence-electron chi connectivity index (χ4n) is 8.39. The Morgan fingerprint density at radius 1 is 0.509 bits per heavy atom. The number of hydrogen-bond acceptors (Lipinski definition) is 0. The van der Waals surface area contributed by atoms with Crippen molar-refractivity contribution in [2.45, 2.75) is 162 Å². The summed E-state index contributed by atoms with van der Waals surface area (Å²) in [6.45, 7) is 8.84. The van der Waals surface area contributed by atoms with Gasteiger partial charge < -0.3 is 0 Å². The number of halogens is 2. The van der Waals surface area contributed by atoms with Crippen LogP contribution >= 0.6 is 0 Å². The molecule has 5 rings (SSSR count). The van der Waals surface area contributed by atoms with E-state index in [1.807, 2.05) is 18.2 Å². The molecule has 4 aromatic rings. The van der Waals surface area contributed by atoms with Crippen LogP contribution in [0.2, 0.25) is 0 Å². The zero-order chi connectivity index (χ0) is 37.7. The van der Waals surface area contributed by atoms with Crippen LogP contribution in [-0.2, 0) is 12.8 Å². The SMILES string of the molecule is CCCCCCCc1ccc(-c2ccc(C(C)C3CCC(CCCCC)CC3)c(F)c2F)cc1.CCCCCCCc1ccccc1-c1ccccc1. The molecule has 0 spiro atoms. The summed E-state index contributed by atoms with van der Waals surface area (Å²) >= 11 is 0. The molecule has 0 aliphatic heterocycles. The Labute approximate surface area is 323 Å². The summed E-state index contributed by atoms with van der Waals surface area (Å²) in [4.78, 5) is 0. The molecule has 2 heteroatoms. The smallest absolute Gasteiger partial charge is 0.166 e. The molecule has 0 radical (unpaired) electrons. The zero-order valence-electron chi connectivity index (χ0n) is 33.8. The van der Waals surface area contributed by atoms with Gasteiger partial charge in [-0.15, -0.1) is 0 Å². The average Bonchev–Trinajstić information content (AvgIpc) is 3.20. The summed E-state index contributed by atoms with van der Waals surface area (Å²) in [5.41, 5.74) is 7.20. The average molecular weight is 721 g/mol. The van der Waals surface area contributed by atoms with E-state index in [1.165, 1.54) is 131 Å². The monoisotopic (exact) mass is 721 g/mol. The van der Waals surface area contributed by atoms with E-state index >= 15 is 8.78 Å². The van der Waals surface area contributed by atoms with Crippen LogP contribution in [0.1, 0.15) is 166 Å². The first-order valence-electron chi connectivity index (χ1n) is 21.7. The first-order valence-corrected chi connectivity index (χ1v) is 21.7. The highest BCUT2D eigenvalue weighted by Crippen LogP contribution is 2.41. The molecule has 0 saturated heterocycles. The van der Waals surface area contributed by atoms with Gasteiger partial charge in [-0.25, -0.2) is 8.78 Å². The third kappa shape index (κ3) is 13.8. The van der Waals surface area contributed by atoms with E-state index in [9.17, 15) is 0 Å². The van der Waals surface area contributed by atoms with Crippen molar-refractivity contribution in [3.63, 3.8) is 0 Å². The van der Waals surface area contributed by atoms with Crippen molar-refractivity contribution < 1.29 is 8.78 Å². The lowest BCUT2D eigenvalue weighted by Gasteiger charge is -2.33. The standard InChI is InChI=1S/C32H46F2.C19H24/c1-4-6-8-9-11-13-26-16-20-28(21-17-26)30-23-22-29(31(33)32(30)34)24(3)27-18-14-25(15-19-27)12-10-7-5-2;1-2-3-4-5-7-12-18-15-10-11-16-19(18)17-13-8-6-9-14-17/h16-17,20-25,27H,4-15,18-19H2,1-3H3;6,8-11,13-16H,2-5,7,12H2,1H3. The number of unbranched alkanes of at least 4 members (excludes halogenated alkanes) is 10. The Morgan fingerprint density at radius 3 is 1.74 bits per heavy atom. The molecule has 0 nitrogen and oxygen atoms in total. The lowest BCUT2D eigenvalue weighted by atomic mass is 9.73. The normalized spacial score (nSPS) is 16.2. The van der Waals surface area contributed by atoms with Gasteiger partial charge in [0, 0.05) is 5.56 Å². The first kappa shape index (κ1) is 42.5. The second-order valence-electron chi connectivity index (χ2n) is 15.9.